The highest BCUT2D eigenvalue weighted by molar-refractivity contribution is 7.12. The Labute approximate surface area is 179 Å². The molecule has 0 aliphatic carbocycles. The van der Waals surface area contributed by atoms with Crippen LogP contribution in [0.2, 0.25) is 0 Å². The van der Waals surface area contributed by atoms with Gasteiger partial charge in [-0.15, -0.1) is 11.3 Å². The van der Waals surface area contributed by atoms with Crippen molar-refractivity contribution in [3.05, 3.63) is 69.9 Å². The summed E-state index contributed by atoms with van der Waals surface area (Å²) in [5.74, 6) is 0.423. The third kappa shape index (κ3) is 4.99. The minimum Gasteiger partial charge on any atom is -0.492 e. The predicted octanol–water partition coefficient (Wildman–Crippen LogP) is 5.36. The van der Waals surface area contributed by atoms with Crippen LogP contribution in [0.4, 0.5) is 11.4 Å². The molecule has 0 fully saturated rings. The molecule has 2 N–H and O–H groups in total. The third-order valence-electron chi connectivity index (χ3n) is 4.28. The van der Waals surface area contributed by atoms with E-state index in [-0.39, 0.29) is 11.8 Å². The van der Waals surface area contributed by atoms with Crippen molar-refractivity contribution in [2.24, 2.45) is 0 Å². The summed E-state index contributed by atoms with van der Waals surface area (Å²) >= 11 is 1.38. The molecule has 0 saturated heterocycles. The molecule has 0 unspecified atom stereocenters. The van der Waals surface area contributed by atoms with E-state index < -0.39 is 0 Å². The van der Waals surface area contributed by atoms with Crippen LogP contribution in [0.15, 0.2) is 53.9 Å². The van der Waals surface area contributed by atoms with Crippen molar-refractivity contribution >= 4 is 34.5 Å². The number of carbonyl (C=O) groups excluding carboxylic acids is 2. The van der Waals surface area contributed by atoms with Gasteiger partial charge >= 0.3 is 0 Å². The Balaban J connectivity index is 1.93. The smallest absolute Gasteiger partial charge is 0.266 e. The van der Waals surface area contributed by atoms with Crippen molar-refractivity contribution in [3.63, 3.8) is 0 Å². The van der Waals surface area contributed by atoms with Crippen molar-refractivity contribution in [1.82, 2.24) is 0 Å². The number of rotatable bonds is 8. The minimum atomic E-state index is -0.259. The molecule has 1 aromatic heterocycles. The van der Waals surface area contributed by atoms with Crippen molar-refractivity contribution in [3.8, 4) is 11.5 Å². The van der Waals surface area contributed by atoms with Gasteiger partial charge in [-0.25, -0.2) is 0 Å². The third-order valence-corrected chi connectivity index (χ3v) is 5.30. The van der Waals surface area contributed by atoms with Gasteiger partial charge in [0.15, 0.2) is 0 Å². The van der Waals surface area contributed by atoms with Crippen LogP contribution < -0.4 is 20.1 Å². The van der Waals surface area contributed by atoms with E-state index in [4.69, 9.17) is 9.47 Å². The number of benzene rings is 2. The first-order chi connectivity index (χ1) is 14.5. The first-order valence-electron chi connectivity index (χ1n) is 9.69. The van der Waals surface area contributed by atoms with E-state index in [9.17, 15) is 9.59 Å². The van der Waals surface area contributed by atoms with Gasteiger partial charge in [0.2, 0.25) is 0 Å². The summed E-state index contributed by atoms with van der Waals surface area (Å²) in [5.41, 5.74) is 2.39. The van der Waals surface area contributed by atoms with Crippen LogP contribution in [0.3, 0.4) is 0 Å². The fourth-order valence-electron chi connectivity index (χ4n) is 2.87. The van der Waals surface area contributed by atoms with E-state index >= 15 is 0 Å². The molecule has 1 heterocycles. The lowest BCUT2D eigenvalue weighted by Crippen LogP contribution is -2.15. The Kier molecular flexibility index (Phi) is 7.08. The molecule has 0 bridgehead atoms. The van der Waals surface area contributed by atoms with Gasteiger partial charge in [0.05, 0.1) is 29.5 Å². The lowest BCUT2D eigenvalue weighted by Gasteiger charge is -2.18. The summed E-state index contributed by atoms with van der Waals surface area (Å²) in [5, 5.41) is 7.65. The fourth-order valence-corrected chi connectivity index (χ4v) is 3.69. The zero-order valence-electron chi connectivity index (χ0n) is 17.2. The average molecular weight is 425 g/mol. The van der Waals surface area contributed by atoms with Gasteiger partial charge in [0.1, 0.15) is 11.5 Å². The molecule has 0 saturated carbocycles. The summed E-state index contributed by atoms with van der Waals surface area (Å²) in [7, 11) is 0. The molecule has 0 aliphatic heterocycles. The number of aryl methyl sites for hydroxylation is 1. The van der Waals surface area contributed by atoms with Gasteiger partial charge in [0, 0.05) is 17.7 Å². The minimum absolute atomic E-state index is 0.216. The second-order valence-electron chi connectivity index (χ2n) is 6.42. The van der Waals surface area contributed by atoms with E-state index in [0.29, 0.717) is 46.5 Å². The maximum absolute atomic E-state index is 12.7. The van der Waals surface area contributed by atoms with Gasteiger partial charge < -0.3 is 20.1 Å². The van der Waals surface area contributed by atoms with Crippen molar-refractivity contribution < 1.29 is 19.1 Å². The molecule has 2 aromatic carbocycles. The number of anilines is 2. The number of carbonyl (C=O) groups is 2. The van der Waals surface area contributed by atoms with Gasteiger partial charge in [0.25, 0.3) is 11.8 Å². The quantitative estimate of drug-likeness (QED) is 0.510. The normalized spacial score (nSPS) is 10.4. The van der Waals surface area contributed by atoms with Crippen molar-refractivity contribution in [2.45, 2.75) is 20.8 Å². The molecular formula is C23H24N2O4S. The number of nitrogens with one attached hydrogen (secondary N) is 2. The maximum atomic E-state index is 12.7. The van der Waals surface area contributed by atoms with Crippen molar-refractivity contribution in [2.75, 3.05) is 23.8 Å². The molecule has 0 radical (unpaired) electrons. The molecule has 156 valence electrons. The second-order valence-corrected chi connectivity index (χ2v) is 7.33. The summed E-state index contributed by atoms with van der Waals surface area (Å²) in [6, 6.07) is 14.2. The van der Waals surface area contributed by atoms with Gasteiger partial charge in [-0.1, -0.05) is 18.2 Å². The number of amides is 2. The van der Waals surface area contributed by atoms with Gasteiger partial charge in [-0.2, -0.15) is 0 Å². The Morgan fingerprint density at radius 1 is 0.867 bits per heavy atom. The van der Waals surface area contributed by atoms with Crippen LogP contribution in [0.1, 0.15) is 39.4 Å². The van der Waals surface area contributed by atoms with Gasteiger partial charge in [-0.3, -0.25) is 9.59 Å². The number of hydrogen-bond donors (Lipinski definition) is 2. The lowest BCUT2D eigenvalue weighted by molar-refractivity contribution is 0.101. The van der Waals surface area contributed by atoms with Crippen LogP contribution in [0.5, 0.6) is 11.5 Å². The molecule has 30 heavy (non-hydrogen) atoms. The van der Waals surface area contributed by atoms with Crippen LogP contribution in [-0.2, 0) is 0 Å². The summed E-state index contributed by atoms with van der Waals surface area (Å²) in [6.45, 7) is 6.41. The van der Waals surface area contributed by atoms with E-state index in [1.807, 2.05) is 38.3 Å². The summed E-state index contributed by atoms with van der Waals surface area (Å²) in [4.78, 5) is 26.0. The fraction of sp³-hybridized carbons (Fsp3) is 0.217. The standard InChI is InChI=1S/C23H24N2O4S/c1-4-28-19-14-18(25-23(27)21-15(3)11-12-30-21)20(29-5-2)13-17(19)24-22(26)16-9-7-6-8-10-16/h6-14H,4-5H2,1-3H3,(H,24,26)(H,25,27). The largest absolute Gasteiger partial charge is 0.492 e. The van der Waals surface area contributed by atoms with Crippen LogP contribution in [0, 0.1) is 6.92 Å². The molecule has 0 aliphatic rings. The molecular weight excluding hydrogens is 400 g/mol. The van der Waals surface area contributed by atoms with E-state index in [2.05, 4.69) is 10.6 Å². The Morgan fingerprint density at radius 3 is 1.93 bits per heavy atom. The highest BCUT2D eigenvalue weighted by atomic mass is 32.1. The van der Waals surface area contributed by atoms with E-state index in [1.165, 1.54) is 11.3 Å². The SMILES string of the molecule is CCOc1cc(NC(=O)c2sccc2C)c(OCC)cc1NC(=O)c1ccccc1. The predicted molar refractivity (Wildman–Crippen MR) is 120 cm³/mol. The first kappa shape index (κ1) is 21.4. The van der Waals surface area contributed by atoms with E-state index in [1.54, 1.807) is 36.4 Å². The van der Waals surface area contributed by atoms with Gasteiger partial charge in [-0.05, 0) is 49.9 Å². The Hall–Kier alpha value is -3.32. The monoisotopic (exact) mass is 424 g/mol. The van der Waals surface area contributed by atoms with Crippen LogP contribution in [-0.4, -0.2) is 25.0 Å². The zero-order chi connectivity index (χ0) is 21.5. The number of thiophene rings is 1. The molecule has 3 rings (SSSR count). The molecule has 3 aromatic rings. The maximum Gasteiger partial charge on any atom is 0.266 e. The number of ether oxygens (including phenoxy) is 2. The average Bonchev–Trinajstić information content (AvgIpc) is 3.18. The number of hydrogen-bond acceptors (Lipinski definition) is 5. The molecule has 7 heteroatoms. The first-order valence-corrected chi connectivity index (χ1v) is 10.6. The summed E-state index contributed by atoms with van der Waals surface area (Å²) in [6.07, 6.45) is 0. The highest BCUT2D eigenvalue weighted by Crippen LogP contribution is 2.37. The zero-order valence-corrected chi connectivity index (χ0v) is 18.0. The van der Waals surface area contributed by atoms with E-state index in [0.717, 1.165) is 5.56 Å². The van der Waals surface area contributed by atoms with Crippen LogP contribution >= 0.6 is 11.3 Å². The second kappa shape index (κ2) is 9.93. The molecule has 0 spiro atoms. The Morgan fingerprint density at radius 2 is 1.43 bits per heavy atom. The molecule has 6 nitrogen and oxygen atoms in total. The summed E-state index contributed by atoms with van der Waals surface area (Å²) < 4.78 is 11.5. The van der Waals surface area contributed by atoms with Crippen molar-refractivity contribution in [1.29, 1.82) is 0 Å². The van der Waals surface area contributed by atoms with Crippen LogP contribution in [0.25, 0.3) is 0 Å². The molecule has 0 atom stereocenters. The Bertz CT molecular complexity index is 1030. The lowest BCUT2D eigenvalue weighted by atomic mass is 10.2. The highest BCUT2D eigenvalue weighted by Gasteiger charge is 2.18. The topological polar surface area (TPSA) is 76.7 Å². The molecule has 2 amide bonds.